The van der Waals surface area contributed by atoms with Gasteiger partial charge in [-0.1, -0.05) is 251 Å². The zero-order valence-electron chi connectivity index (χ0n) is 46.0. The Bertz CT molecular complexity index is 1300. The van der Waals surface area contributed by atoms with Crippen molar-refractivity contribution in [3.8, 4) is 0 Å². The van der Waals surface area contributed by atoms with Crippen LogP contribution < -0.4 is 0 Å². The molecule has 0 aromatic rings. The number of hydrogen-bond acceptors (Lipinski definition) is 12. The van der Waals surface area contributed by atoms with Crippen molar-refractivity contribution in [3.05, 3.63) is 12.2 Å². The van der Waals surface area contributed by atoms with Gasteiger partial charge in [-0.05, 0) is 38.5 Å². The Kier molecular flexibility index (Phi) is 45.7. The third-order valence-electron chi connectivity index (χ3n) is 14.4. The first-order chi connectivity index (χ1) is 34.9. The van der Waals surface area contributed by atoms with Gasteiger partial charge in [0.25, 0.3) is 0 Å². The number of esters is 2. The number of carbonyl (C=O) groups excluding carboxylic acids is 2. The van der Waals surface area contributed by atoms with Crippen molar-refractivity contribution in [2.45, 2.75) is 333 Å². The Morgan fingerprint density at radius 2 is 0.708 bits per heavy atom. The van der Waals surface area contributed by atoms with Gasteiger partial charge in [-0.15, -0.1) is 0 Å². The Morgan fingerprint density at radius 3 is 1.06 bits per heavy atom. The summed E-state index contributed by atoms with van der Waals surface area (Å²) in [5.74, 6) is -1.08. The van der Waals surface area contributed by atoms with Crippen LogP contribution in [0.3, 0.4) is 0 Å². The van der Waals surface area contributed by atoms with E-state index in [0.717, 1.165) is 44.9 Å². The third-order valence-corrected chi connectivity index (χ3v) is 15.3. The predicted molar refractivity (Wildman–Crippen MR) is 291 cm³/mol. The second-order valence-electron chi connectivity index (χ2n) is 21.2. The van der Waals surface area contributed by atoms with Crippen molar-refractivity contribution in [1.82, 2.24) is 0 Å². The number of unbranched alkanes of at least 4 members (excludes halogenated alkanes) is 38. The molecule has 0 spiro atoms. The Morgan fingerprint density at radius 1 is 0.417 bits per heavy atom. The highest BCUT2D eigenvalue weighted by molar-refractivity contribution is 7.47. The van der Waals surface area contributed by atoms with Gasteiger partial charge < -0.3 is 39.9 Å². The molecule has 14 heteroatoms. The Hall–Kier alpha value is -1.41. The average molecular weight is 1050 g/mol. The van der Waals surface area contributed by atoms with Crippen LogP contribution in [0.25, 0.3) is 0 Å². The molecule has 13 nitrogen and oxygen atoms in total. The van der Waals surface area contributed by atoms with Crippen LogP contribution in [0, 0.1) is 0 Å². The number of carbonyl (C=O) groups is 2. The summed E-state index contributed by atoms with van der Waals surface area (Å²) in [5, 5.41) is 50.4. The molecule has 8 atom stereocenters. The van der Waals surface area contributed by atoms with Gasteiger partial charge in [0.2, 0.25) is 0 Å². The number of ether oxygens (including phenoxy) is 2. The smallest absolute Gasteiger partial charge is 0.462 e. The summed E-state index contributed by atoms with van der Waals surface area (Å²) in [6.45, 7) is 3.37. The number of hydrogen-bond donors (Lipinski definition) is 6. The zero-order valence-corrected chi connectivity index (χ0v) is 46.9. The molecule has 1 aliphatic rings. The van der Waals surface area contributed by atoms with Crippen molar-refractivity contribution in [1.29, 1.82) is 0 Å². The van der Waals surface area contributed by atoms with E-state index in [-0.39, 0.29) is 12.8 Å². The van der Waals surface area contributed by atoms with E-state index >= 15 is 0 Å². The first-order valence-electron chi connectivity index (χ1n) is 30.0. The van der Waals surface area contributed by atoms with Crippen molar-refractivity contribution in [3.63, 3.8) is 0 Å². The second-order valence-corrected chi connectivity index (χ2v) is 22.6. The fourth-order valence-electron chi connectivity index (χ4n) is 9.58. The van der Waals surface area contributed by atoms with Crippen molar-refractivity contribution in [2.24, 2.45) is 0 Å². The maximum Gasteiger partial charge on any atom is 0.472 e. The van der Waals surface area contributed by atoms with Crippen LogP contribution in [0.15, 0.2) is 12.2 Å². The molecule has 0 radical (unpaired) electrons. The molecule has 6 unspecified atom stereocenters. The summed E-state index contributed by atoms with van der Waals surface area (Å²) >= 11 is 0. The van der Waals surface area contributed by atoms with Crippen LogP contribution in [0.4, 0.5) is 0 Å². The van der Waals surface area contributed by atoms with E-state index in [1.54, 1.807) is 0 Å². The summed E-state index contributed by atoms with van der Waals surface area (Å²) in [7, 11) is -5.12. The van der Waals surface area contributed by atoms with Gasteiger partial charge in [-0.25, -0.2) is 4.57 Å². The summed E-state index contributed by atoms with van der Waals surface area (Å²) in [4.78, 5) is 36.0. The molecule has 1 saturated carbocycles. The quantitative estimate of drug-likeness (QED) is 0.0145. The molecule has 0 amide bonds. The molecule has 72 heavy (non-hydrogen) atoms. The lowest BCUT2D eigenvalue weighted by molar-refractivity contribution is -0.220. The van der Waals surface area contributed by atoms with E-state index in [4.69, 9.17) is 18.5 Å². The minimum atomic E-state index is -5.12. The first-order valence-corrected chi connectivity index (χ1v) is 31.5. The van der Waals surface area contributed by atoms with Gasteiger partial charge in [0.1, 0.15) is 43.2 Å². The van der Waals surface area contributed by atoms with Crippen LogP contribution in [-0.2, 0) is 32.7 Å². The molecule has 1 rings (SSSR count). The highest BCUT2D eigenvalue weighted by Crippen LogP contribution is 2.47. The minimum Gasteiger partial charge on any atom is -0.462 e. The molecule has 0 heterocycles. The maximum atomic E-state index is 12.9. The standard InChI is InChI=1S/C58H111O13P/c1-3-5-7-9-11-13-15-17-19-21-23-25-27-28-30-32-34-36-38-40-42-44-46-51(59)68-48-50(49-69-72(66,67)71-58-56(64)54(62)53(61)55(63)57(58)65)70-52(60)47-45-43-41-39-37-35-33-31-29-26-24-22-20-18-16-14-12-10-8-6-4-2/h18,20,50,53-58,61-65H,3-17,19,21-49H2,1-2H3,(H,66,67)/b20-18+/t50-,53?,54-,55?,56?,57?,58?/m0/s1. The number of aliphatic hydroxyl groups is 5. The van der Waals surface area contributed by atoms with Gasteiger partial charge in [-0.3, -0.25) is 18.6 Å². The summed E-state index contributed by atoms with van der Waals surface area (Å²) in [5.41, 5.74) is 0. The zero-order chi connectivity index (χ0) is 52.8. The van der Waals surface area contributed by atoms with Gasteiger partial charge in [0, 0.05) is 12.8 Å². The van der Waals surface area contributed by atoms with Crippen LogP contribution in [0.2, 0.25) is 0 Å². The van der Waals surface area contributed by atoms with E-state index < -0.39 is 75.7 Å². The van der Waals surface area contributed by atoms with E-state index in [2.05, 4.69) is 26.0 Å². The normalized spacial score (nSPS) is 20.5. The Balaban J connectivity index is 2.30. The van der Waals surface area contributed by atoms with Gasteiger partial charge in [0.15, 0.2) is 6.10 Å². The molecular weight excluding hydrogens is 936 g/mol. The predicted octanol–water partition coefficient (Wildman–Crippen LogP) is 14.1. The Labute approximate surface area is 439 Å². The molecule has 6 N–H and O–H groups in total. The fourth-order valence-corrected chi connectivity index (χ4v) is 10.6. The van der Waals surface area contributed by atoms with Crippen molar-refractivity contribution < 1.29 is 63.1 Å². The van der Waals surface area contributed by atoms with Crippen LogP contribution in [0.5, 0.6) is 0 Å². The first kappa shape index (κ1) is 68.6. The number of aliphatic hydroxyl groups excluding tert-OH is 5. The van der Waals surface area contributed by atoms with Crippen molar-refractivity contribution in [2.75, 3.05) is 13.2 Å². The summed E-state index contributed by atoms with van der Waals surface area (Å²) in [6.07, 6.45) is 42.6. The number of rotatable bonds is 52. The lowest BCUT2D eigenvalue weighted by Gasteiger charge is -2.41. The highest BCUT2D eigenvalue weighted by atomic mass is 31.2. The molecule has 1 fully saturated rings. The molecule has 0 bridgehead atoms. The minimum absolute atomic E-state index is 0.101. The molecular formula is C58H111O13P. The second kappa shape index (κ2) is 48.0. The molecule has 1 aliphatic carbocycles. The maximum absolute atomic E-state index is 12.9. The van der Waals surface area contributed by atoms with Crippen LogP contribution >= 0.6 is 7.82 Å². The topological polar surface area (TPSA) is 210 Å². The van der Waals surface area contributed by atoms with Crippen molar-refractivity contribution >= 4 is 19.8 Å². The van der Waals surface area contributed by atoms with E-state index in [9.17, 15) is 44.6 Å². The largest absolute Gasteiger partial charge is 0.472 e. The van der Waals surface area contributed by atoms with Gasteiger partial charge in [-0.2, -0.15) is 0 Å². The van der Waals surface area contributed by atoms with Crippen LogP contribution in [-0.4, -0.2) is 98.3 Å². The SMILES string of the molecule is CCCCCCCC/C=C/CCCCCCCCCCCCCC(=O)O[C@@H](COC(=O)CCCCCCCCCCCCCCCCCCCCCCCC)COP(=O)(O)OC1C(O)C(O)C(O)[C@H](O)C1O. The van der Waals surface area contributed by atoms with E-state index in [1.165, 1.54) is 205 Å². The summed E-state index contributed by atoms with van der Waals surface area (Å²) < 4.78 is 33.8. The molecule has 426 valence electrons. The molecule has 0 aromatic heterocycles. The lowest BCUT2D eigenvalue weighted by atomic mass is 9.85. The molecule has 0 aromatic carbocycles. The van der Waals surface area contributed by atoms with Gasteiger partial charge in [0.05, 0.1) is 6.61 Å². The summed E-state index contributed by atoms with van der Waals surface area (Å²) in [6, 6.07) is 0. The number of phosphoric ester groups is 1. The van der Waals surface area contributed by atoms with E-state index in [0.29, 0.717) is 12.8 Å². The average Bonchev–Trinajstić information content (AvgIpc) is 3.36. The van der Waals surface area contributed by atoms with E-state index in [1.807, 2.05) is 0 Å². The highest BCUT2D eigenvalue weighted by Gasteiger charge is 2.51. The number of phosphoric acid groups is 1. The third kappa shape index (κ3) is 39.0. The molecule has 0 saturated heterocycles. The lowest BCUT2D eigenvalue weighted by Crippen LogP contribution is -2.64. The van der Waals surface area contributed by atoms with Crippen LogP contribution in [0.1, 0.15) is 290 Å². The fraction of sp³-hybridized carbons (Fsp3) is 0.931. The van der Waals surface area contributed by atoms with Gasteiger partial charge >= 0.3 is 19.8 Å². The monoisotopic (exact) mass is 1050 g/mol. The molecule has 0 aliphatic heterocycles. The number of allylic oxidation sites excluding steroid dienone is 2.